The monoisotopic (exact) mass is 248 g/mol. The molecule has 2 rings (SSSR count). The fraction of sp³-hybridized carbons (Fsp3) is 0.533. The molecule has 1 aromatic rings. The fourth-order valence-electron chi connectivity index (χ4n) is 2.86. The first-order valence-electron chi connectivity index (χ1n) is 6.58. The van der Waals surface area contributed by atoms with Gasteiger partial charge in [-0.05, 0) is 25.3 Å². The van der Waals surface area contributed by atoms with E-state index in [-0.39, 0.29) is 5.92 Å². The smallest absolute Gasteiger partial charge is 0.340 e. The molecule has 1 fully saturated rings. The molecule has 18 heavy (non-hydrogen) atoms. The van der Waals surface area contributed by atoms with Crippen LogP contribution >= 0.6 is 0 Å². The molecule has 1 unspecified atom stereocenters. The minimum Gasteiger partial charge on any atom is -0.479 e. The van der Waals surface area contributed by atoms with E-state index in [0.29, 0.717) is 5.56 Å². The molecule has 3 nitrogen and oxygen atoms in total. The molecule has 1 aromatic carbocycles. The average molecular weight is 248 g/mol. The van der Waals surface area contributed by atoms with Gasteiger partial charge in [0, 0.05) is 5.92 Å². The van der Waals surface area contributed by atoms with Crippen LogP contribution in [0.25, 0.3) is 0 Å². The van der Waals surface area contributed by atoms with Gasteiger partial charge >= 0.3 is 5.97 Å². The first-order chi connectivity index (χ1) is 8.55. The summed E-state index contributed by atoms with van der Waals surface area (Å²) < 4.78 is 0. The lowest BCUT2D eigenvalue weighted by molar-refractivity contribution is -0.168. The predicted octanol–water partition coefficient (Wildman–Crippen LogP) is 2.85. The molecule has 0 spiro atoms. The van der Waals surface area contributed by atoms with Crippen molar-refractivity contribution in [2.24, 2.45) is 5.92 Å². The molecule has 0 radical (unpaired) electrons. The van der Waals surface area contributed by atoms with Crippen LogP contribution in [-0.2, 0) is 10.4 Å². The van der Waals surface area contributed by atoms with Crippen LogP contribution in [0.2, 0.25) is 0 Å². The quantitative estimate of drug-likeness (QED) is 0.864. The summed E-state index contributed by atoms with van der Waals surface area (Å²) in [5.41, 5.74) is -0.156. The molecule has 1 aliphatic carbocycles. The van der Waals surface area contributed by atoms with Crippen molar-refractivity contribution < 1.29 is 15.0 Å². The fourth-order valence-corrected chi connectivity index (χ4v) is 2.86. The van der Waals surface area contributed by atoms with E-state index in [2.05, 4.69) is 0 Å². The summed E-state index contributed by atoms with van der Waals surface area (Å²) in [6.07, 6.45) is 4.73. The number of rotatable bonds is 3. The molecule has 0 aromatic heterocycles. The van der Waals surface area contributed by atoms with Gasteiger partial charge in [-0.1, -0.05) is 49.1 Å². The molecule has 1 aliphatic rings. The van der Waals surface area contributed by atoms with E-state index in [1.807, 2.05) is 19.1 Å². The molecule has 3 heteroatoms. The highest BCUT2D eigenvalue weighted by molar-refractivity contribution is 5.79. The van der Waals surface area contributed by atoms with Crippen LogP contribution < -0.4 is 0 Å². The minimum atomic E-state index is -1.73. The van der Waals surface area contributed by atoms with Crippen LogP contribution in [0.4, 0.5) is 0 Å². The van der Waals surface area contributed by atoms with Crippen LogP contribution in [0.1, 0.15) is 43.2 Å². The van der Waals surface area contributed by atoms with Gasteiger partial charge < -0.3 is 10.2 Å². The number of aliphatic hydroxyl groups is 1. The Morgan fingerprint density at radius 2 is 1.72 bits per heavy atom. The molecule has 0 saturated heterocycles. The van der Waals surface area contributed by atoms with Gasteiger partial charge in [0.2, 0.25) is 0 Å². The first-order valence-corrected chi connectivity index (χ1v) is 6.58. The Labute approximate surface area is 107 Å². The van der Waals surface area contributed by atoms with Crippen molar-refractivity contribution in [3.63, 3.8) is 0 Å². The van der Waals surface area contributed by atoms with Crippen LogP contribution in [0.5, 0.6) is 0 Å². The van der Waals surface area contributed by atoms with Crippen molar-refractivity contribution in [3.8, 4) is 0 Å². The number of carbonyl (C=O) groups is 1. The Morgan fingerprint density at radius 3 is 2.22 bits per heavy atom. The van der Waals surface area contributed by atoms with Crippen LogP contribution in [-0.4, -0.2) is 16.2 Å². The van der Waals surface area contributed by atoms with E-state index < -0.39 is 11.6 Å². The topological polar surface area (TPSA) is 57.5 Å². The molecule has 0 amide bonds. The van der Waals surface area contributed by atoms with E-state index in [4.69, 9.17) is 0 Å². The third kappa shape index (κ3) is 2.27. The highest BCUT2D eigenvalue weighted by Gasteiger charge is 2.45. The average Bonchev–Trinajstić information content (AvgIpc) is 2.39. The van der Waals surface area contributed by atoms with E-state index in [1.54, 1.807) is 12.1 Å². The lowest BCUT2D eigenvalue weighted by atomic mass is 9.73. The summed E-state index contributed by atoms with van der Waals surface area (Å²) in [7, 11) is 0. The first kappa shape index (κ1) is 13.1. The number of aryl methyl sites for hydroxylation is 1. The van der Waals surface area contributed by atoms with Gasteiger partial charge in [-0.25, -0.2) is 4.79 Å². The molecule has 1 saturated carbocycles. The number of aliphatic carboxylic acids is 1. The van der Waals surface area contributed by atoms with Gasteiger partial charge in [-0.15, -0.1) is 0 Å². The maximum Gasteiger partial charge on any atom is 0.340 e. The highest BCUT2D eigenvalue weighted by atomic mass is 16.4. The van der Waals surface area contributed by atoms with Gasteiger partial charge in [0.1, 0.15) is 0 Å². The van der Waals surface area contributed by atoms with Gasteiger partial charge in [-0.3, -0.25) is 0 Å². The van der Waals surface area contributed by atoms with Gasteiger partial charge in [-0.2, -0.15) is 0 Å². The molecule has 1 atom stereocenters. The van der Waals surface area contributed by atoms with E-state index in [1.165, 1.54) is 0 Å². The molecule has 2 N–H and O–H groups in total. The normalized spacial score (nSPS) is 20.3. The SMILES string of the molecule is Cc1ccc(C(O)(C(=O)O)C2CCCCC2)cc1. The van der Waals surface area contributed by atoms with Crippen molar-refractivity contribution in [2.45, 2.75) is 44.6 Å². The Balaban J connectivity index is 2.36. The number of hydrogen-bond acceptors (Lipinski definition) is 2. The summed E-state index contributed by atoms with van der Waals surface area (Å²) in [6, 6.07) is 7.17. The summed E-state index contributed by atoms with van der Waals surface area (Å²) in [6.45, 7) is 1.95. The molecule has 98 valence electrons. The van der Waals surface area contributed by atoms with E-state index in [0.717, 1.165) is 37.7 Å². The lowest BCUT2D eigenvalue weighted by Crippen LogP contribution is -2.43. The molecule has 0 bridgehead atoms. The standard InChI is InChI=1S/C15H20O3/c1-11-7-9-13(10-8-11)15(18,14(16)17)12-5-3-2-4-6-12/h7-10,12,18H,2-6H2,1H3,(H,16,17). The van der Waals surface area contributed by atoms with Crippen molar-refractivity contribution in [1.82, 2.24) is 0 Å². The second-order valence-electron chi connectivity index (χ2n) is 5.27. The number of carboxylic acids is 1. The zero-order valence-corrected chi connectivity index (χ0v) is 10.7. The van der Waals surface area contributed by atoms with Crippen molar-refractivity contribution in [1.29, 1.82) is 0 Å². The Morgan fingerprint density at radius 1 is 1.17 bits per heavy atom. The Hall–Kier alpha value is -1.35. The number of carboxylic acid groups (broad SMARTS) is 1. The maximum absolute atomic E-state index is 11.6. The second kappa shape index (κ2) is 5.11. The van der Waals surface area contributed by atoms with E-state index in [9.17, 15) is 15.0 Å². The van der Waals surface area contributed by atoms with Crippen molar-refractivity contribution >= 4 is 5.97 Å². The highest BCUT2D eigenvalue weighted by Crippen LogP contribution is 2.39. The molecular weight excluding hydrogens is 228 g/mol. The zero-order valence-electron chi connectivity index (χ0n) is 10.7. The largest absolute Gasteiger partial charge is 0.479 e. The summed E-state index contributed by atoms with van der Waals surface area (Å²) in [4.78, 5) is 11.6. The van der Waals surface area contributed by atoms with Gasteiger partial charge in [0.25, 0.3) is 0 Å². The minimum absolute atomic E-state index is 0.175. The molecular formula is C15H20O3. The lowest BCUT2D eigenvalue weighted by Gasteiger charge is -2.35. The van der Waals surface area contributed by atoms with Crippen molar-refractivity contribution in [2.75, 3.05) is 0 Å². The summed E-state index contributed by atoms with van der Waals surface area (Å²) in [5.74, 6) is -1.30. The zero-order chi connectivity index (χ0) is 13.2. The number of hydrogen-bond donors (Lipinski definition) is 2. The third-order valence-electron chi connectivity index (χ3n) is 4.01. The van der Waals surface area contributed by atoms with Crippen molar-refractivity contribution in [3.05, 3.63) is 35.4 Å². The summed E-state index contributed by atoms with van der Waals surface area (Å²) >= 11 is 0. The van der Waals surface area contributed by atoms with Gasteiger partial charge in [0.05, 0.1) is 0 Å². The van der Waals surface area contributed by atoms with Crippen LogP contribution in [0.3, 0.4) is 0 Å². The van der Waals surface area contributed by atoms with Gasteiger partial charge in [0.15, 0.2) is 5.60 Å². The Bertz CT molecular complexity index is 418. The molecule has 0 aliphatic heterocycles. The maximum atomic E-state index is 11.6. The second-order valence-corrected chi connectivity index (χ2v) is 5.27. The predicted molar refractivity (Wildman–Crippen MR) is 69.3 cm³/mol. The summed E-state index contributed by atoms with van der Waals surface area (Å²) in [5, 5.41) is 20.1. The van der Waals surface area contributed by atoms with Crippen LogP contribution in [0, 0.1) is 12.8 Å². The Kier molecular flexibility index (Phi) is 3.71. The van der Waals surface area contributed by atoms with E-state index >= 15 is 0 Å². The van der Waals surface area contributed by atoms with Crippen LogP contribution in [0.15, 0.2) is 24.3 Å². The molecule has 0 heterocycles. The number of benzene rings is 1. The third-order valence-corrected chi connectivity index (χ3v) is 4.01.